The first-order chi connectivity index (χ1) is 13.7. The van der Waals surface area contributed by atoms with Gasteiger partial charge in [0.15, 0.2) is 5.82 Å². The minimum absolute atomic E-state index is 0.0232. The van der Waals surface area contributed by atoms with Crippen molar-refractivity contribution in [3.8, 4) is 0 Å². The first kappa shape index (κ1) is 17.3. The van der Waals surface area contributed by atoms with Gasteiger partial charge in [-0.05, 0) is 30.0 Å². The number of rotatable bonds is 4. The highest BCUT2D eigenvalue weighted by atomic mass is 16.5. The lowest BCUT2D eigenvalue weighted by Crippen LogP contribution is -2.36. The predicted molar refractivity (Wildman–Crippen MR) is 110 cm³/mol. The lowest BCUT2D eigenvalue weighted by atomic mass is 10.1. The number of fused-ring (bicyclic) bond motifs is 1. The van der Waals surface area contributed by atoms with Crippen LogP contribution in [0.2, 0.25) is 0 Å². The maximum atomic E-state index is 12.9. The van der Waals surface area contributed by atoms with Crippen molar-refractivity contribution in [3.63, 3.8) is 0 Å². The van der Waals surface area contributed by atoms with Crippen molar-refractivity contribution in [1.82, 2.24) is 9.78 Å². The molecule has 1 amide bonds. The van der Waals surface area contributed by atoms with E-state index in [1.165, 1.54) is 5.56 Å². The summed E-state index contributed by atoms with van der Waals surface area (Å²) < 4.78 is 7.34. The van der Waals surface area contributed by atoms with Gasteiger partial charge < -0.3 is 15.0 Å². The maximum Gasteiger partial charge on any atom is 0.229 e. The van der Waals surface area contributed by atoms with Gasteiger partial charge in [-0.3, -0.25) is 9.48 Å². The highest BCUT2D eigenvalue weighted by Crippen LogP contribution is 2.48. The van der Waals surface area contributed by atoms with Crippen molar-refractivity contribution in [3.05, 3.63) is 54.1 Å². The molecule has 1 aliphatic carbocycles. The van der Waals surface area contributed by atoms with E-state index in [4.69, 9.17) is 4.74 Å². The van der Waals surface area contributed by atoms with E-state index in [2.05, 4.69) is 33.5 Å². The summed E-state index contributed by atoms with van der Waals surface area (Å²) in [6.07, 6.45) is 0.900. The molecule has 6 heteroatoms. The number of benzene rings is 2. The van der Waals surface area contributed by atoms with Gasteiger partial charge in [-0.25, -0.2) is 0 Å². The van der Waals surface area contributed by atoms with Gasteiger partial charge in [0.25, 0.3) is 0 Å². The average molecular weight is 376 g/mol. The molecule has 6 nitrogen and oxygen atoms in total. The standard InChI is InChI=1S/C22H24N4O2/c1-25-18-8-5-9-19(26-10-12-28-13-11-26)20(18)21(24-25)23-22(27)17-14-16(17)15-6-3-2-4-7-15/h2-9,16-17H,10-14H2,1H3,(H,23,24,27)/t16-,17+/m0/s1. The molecule has 2 heterocycles. The molecule has 5 rings (SSSR count). The minimum atomic E-state index is 0.0232. The molecule has 0 unspecified atom stereocenters. The summed E-state index contributed by atoms with van der Waals surface area (Å²) in [6.45, 7) is 3.14. The van der Waals surface area contributed by atoms with Crippen molar-refractivity contribution >= 4 is 28.3 Å². The Morgan fingerprint density at radius 1 is 1.11 bits per heavy atom. The van der Waals surface area contributed by atoms with Crippen molar-refractivity contribution in [2.24, 2.45) is 13.0 Å². The molecule has 2 atom stereocenters. The van der Waals surface area contributed by atoms with Gasteiger partial charge in [0.1, 0.15) is 0 Å². The Kier molecular flexibility index (Phi) is 4.28. The Balaban J connectivity index is 1.42. The number of hydrogen-bond donors (Lipinski definition) is 1. The van der Waals surface area contributed by atoms with Gasteiger partial charge in [0.05, 0.1) is 29.8 Å². The van der Waals surface area contributed by atoms with Crippen LogP contribution in [0.15, 0.2) is 48.5 Å². The number of carbonyl (C=O) groups is 1. The first-order valence-corrected chi connectivity index (χ1v) is 9.86. The number of hydrogen-bond acceptors (Lipinski definition) is 4. The number of anilines is 2. The van der Waals surface area contributed by atoms with Crippen LogP contribution in [0, 0.1) is 5.92 Å². The third-order valence-corrected chi connectivity index (χ3v) is 5.80. The topological polar surface area (TPSA) is 59.4 Å². The van der Waals surface area contributed by atoms with Crippen molar-refractivity contribution < 1.29 is 9.53 Å². The van der Waals surface area contributed by atoms with E-state index in [0.717, 1.165) is 49.3 Å². The average Bonchev–Trinajstić information content (AvgIpc) is 3.49. The van der Waals surface area contributed by atoms with Gasteiger partial charge >= 0.3 is 0 Å². The highest BCUT2D eigenvalue weighted by Gasteiger charge is 2.44. The van der Waals surface area contributed by atoms with Gasteiger partial charge in [-0.1, -0.05) is 36.4 Å². The molecule has 3 aromatic rings. The number of nitrogens with zero attached hydrogens (tertiary/aromatic N) is 3. The Morgan fingerprint density at radius 2 is 1.89 bits per heavy atom. The number of amides is 1. The van der Waals surface area contributed by atoms with Crippen molar-refractivity contribution in [1.29, 1.82) is 0 Å². The molecule has 1 saturated heterocycles. The van der Waals surface area contributed by atoms with Crippen LogP contribution in [-0.4, -0.2) is 42.0 Å². The predicted octanol–water partition coefficient (Wildman–Crippen LogP) is 3.15. The Labute approximate surface area is 164 Å². The fourth-order valence-corrected chi connectivity index (χ4v) is 4.21. The molecular weight excluding hydrogens is 352 g/mol. The lowest BCUT2D eigenvalue weighted by molar-refractivity contribution is -0.117. The Hall–Kier alpha value is -2.86. The van der Waals surface area contributed by atoms with E-state index in [1.807, 2.05) is 42.1 Å². The number of aryl methyl sites for hydroxylation is 1. The molecule has 0 bridgehead atoms. The second-order valence-corrected chi connectivity index (χ2v) is 7.59. The second-order valence-electron chi connectivity index (χ2n) is 7.59. The number of morpholine rings is 1. The van der Waals surface area contributed by atoms with E-state index < -0.39 is 0 Å². The monoisotopic (exact) mass is 376 g/mol. The van der Waals surface area contributed by atoms with Gasteiger partial charge in [-0.2, -0.15) is 5.10 Å². The fourth-order valence-electron chi connectivity index (χ4n) is 4.21. The lowest BCUT2D eigenvalue weighted by Gasteiger charge is -2.29. The van der Waals surface area contributed by atoms with Crippen LogP contribution >= 0.6 is 0 Å². The van der Waals surface area contributed by atoms with E-state index in [9.17, 15) is 4.79 Å². The summed E-state index contributed by atoms with van der Waals surface area (Å²) in [7, 11) is 1.92. The number of nitrogens with one attached hydrogen (secondary N) is 1. The second kappa shape index (κ2) is 6.95. The summed E-state index contributed by atoms with van der Waals surface area (Å²) in [4.78, 5) is 15.2. The number of ether oxygens (including phenoxy) is 1. The molecule has 28 heavy (non-hydrogen) atoms. The SMILES string of the molecule is Cn1nc(NC(=O)[C@@H]2C[C@H]2c2ccccc2)c2c(N3CCOCC3)cccc21. The molecule has 2 aromatic carbocycles. The van der Waals surface area contributed by atoms with Crippen LogP contribution < -0.4 is 10.2 Å². The smallest absolute Gasteiger partial charge is 0.229 e. The maximum absolute atomic E-state index is 12.9. The Morgan fingerprint density at radius 3 is 2.68 bits per heavy atom. The van der Waals surface area contributed by atoms with Crippen LogP contribution in [0.5, 0.6) is 0 Å². The fraction of sp³-hybridized carbons (Fsp3) is 0.364. The molecule has 1 saturated carbocycles. The van der Waals surface area contributed by atoms with E-state index in [0.29, 0.717) is 11.7 Å². The van der Waals surface area contributed by atoms with Gasteiger partial charge in [0, 0.05) is 26.1 Å². The third kappa shape index (κ3) is 3.03. The van der Waals surface area contributed by atoms with E-state index >= 15 is 0 Å². The molecular formula is C22H24N4O2. The van der Waals surface area contributed by atoms with Crippen molar-refractivity contribution in [2.75, 3.05) is 36.5 Å². The first-order valence-electron chi connectivity index (χ1n) is 9.86. The third-order valence-electron chi connectivity index (χ3n) is 5.80. The molecule has 0 spiro atoms. The summed E-state index contributed by atoms with van der Waals surface area (Å²) in [5.74, 6) is 1.05. The summed E-state index contributed by atoms with van der Waals surface area (Å²) in [5, 5.41) is 8.75. The Bertz CT molecular complexity index is 1010. The molecule has 2 aliphatic rings. The van der Waals surface area contributed by atoms with E-state index in [1.54, 1.807) is 0 Å². The number of carbonyl (C=O) groups excluding carboxylic acids is 1. The number of aromatic nitrogens is 2. The molecule has 1 aromatic heterocycles. The molecule has 1 aliphatic heterocycles. The summed E-state index contributed by atoms with van der Waals surface area (Å²) in [6, 6.07) is 16.5. The minimum Gasteiger partial charge on any atom is -0.378 e. The highest BCUT2D eigenvalue weighted by molar-refractivity contribution is 6.07. The van der Waals surface area contributed by atoms with Crippen LogP contribution in [0.25, 0.3) is 10.9 Å². The van der Waals surface area contributed by atoms with Crippen LogP contribution in [-0.2, 0) is 16.6 Å². The van der Waals surface area contributed by atoms with Gasteiger partial charge in [0.2, 0.25) is 5.91 Å². The molecule has 1 N–H and O–H groups in total. The van der Waals surface area contributed by atoms with Gasteiger partial charge in [-0.15, -0.1) is 0 Å². The summed E-state index contributed by atoms with van der Waals surface area (Å²) >= 11 is 0. The van der Waals surface area contributed by atoms with Crippen molar-refractivity contribution in [2.45, 2.75) is 12.3 Å². The van der Waals surface area contributed by atoms with Crippen LogP contribution in [0.4, 0.5) is 11.5 Å². The zero-order valence-electron chi connectivity index (χ0n) is 16.0. The zero-order chi connectivity index (χ0) is 19.1. The molecule has 144 valence electrons. The normalized spacial score (nSPS) is 21.7. The zero-order valence-corrected chi connectivity index (χ0v) is 16.0. The van der Waals surface area contributed by atoms with E-state index in [-0.39, 0.29) is 11.8 Å². The largest absolute Gasteiger partial charge is 0.378 e. The molecule has 2 fully saturated rings. The molecule has 0 radical (unpaired) electrons. The van der Waals surface area contributed by atoms with Crippen LogP contribution in [0.1, 0.15) is 17.9 Å². The summed E-state index contributed by atoms with van der Waals surface area (Å²) in [5.41, 5.74) is 3.37. The quantitative estimate of drug-likeness (QED) is 0.760. The van der Waals surface area contributed by atoms with Crippen LogP contribution in [0.3, 0.4) is 0 Å².